The zero-order valence-electron chi connectivity index (χ0n) is 11.1. The van der Waals surface area contributed by atoms with E-state index in [0.717, 1.165) is 10.0 Å². The average molecular weight is 314 g/mol. The predicted octanol–water partition coefficient (Wildman–Crippen LogP) is 2.57. The number of aliphatic hydroxyl groups is 1. The van der Waals surface area contributed by atoms with E-state index in [1.807, 2.05) is 45.0 Å². The van der Waals surface area contributed by atoms with Gasteiger partial charge in [0, 0.05) is 17.6 Å². The van der Waals surface area contributed by atoms with E-state index in [0.29, 0.717) is 13.1 Å². The van der Waals surface area contributed by atoms with Crippen LogP contribution in [0.3, 0.4) is 0 Å². The van der Waals surface area contributed by atoms with E-state index in [1.54, 1.807) is 4.90 Å². The van der Waals surface area contributed by atoms with E-state index in [2.05, 4.69) is 15.9 Å². The number of likely N-dealkylation sites (N-methyl/N-ethyl adjacent to an activating group) is 1. The maximum absolute atomic E-state index is 12.5. The van der Waals surface area contributed by atoms with E-state index in [9.17, 15) is 4.79 Å². The normalized spacial score (nSPS) is 11.4. The maximum atomic E-state index is 12.5. The number of hydrogen-bond acceptors (Lipinski definition) is 2. The molecule has 0 saturated heterocycles. The van der Waals surface area contributed by atoms with Gasteiger partial charge in [0.2, 0.25) is 5.91 Å². The summed E-state index contributed by atoms with van der Waals surface area (Å²) in [7, 11) is 0. The third-order valence-electron chi connectivity index (χ3n) is 3.12. The minimum Gasteiger partial charge on any atom is -0.395 e. The Bertz CT molecular complexity index is 418. The van der Waals surface area contributed by atoms with Crippen LogP contribution in [-0.4, -0.2) is 35.6 Å². The van der Waals surface area contributed by atoms with Gasteiger partial charge in [0.15, 0.2) is 0 Å². The summed E-state index contributed by atoms with van der Waals surface area (Å²) in [5.74, 6) is 0.0390. The first-order valence-electron chi connectivity index (χ1n) is 6.09. The summed E-state index contributed by atoms with van der Waals surface area (Å²) in [4.78, 5) is 14.2. The minimum atomic E-state index is -0.588. The first-order valence-corrected chi connectivity index (χ1v) is 6.89. The Hall–Kier alpha value is -0.870. The van der Waals surface area contributed by atoms with Gasteiger partial charge in [0.1, 0.15) is 0 Å². The molecule has 0 aliphatic heterocycles. The molecule has 18 heavy (non-hydrogen) atoms. The van der Waals surface area contributed by atoms with Crippen LogP contribution in [0, 0.1) is 0 Å². The van der Waals surface area contributed by atoms with Gasteiger partial charge in [-0.15, -0.1) is 0 Å². The lowest BCUT2D eigenvalue weighted by molar-refractivity contribution is -0.136. The molecule has 0 saturated carbocycles. The van der Waals surface area contributed by atoms with Crippen molar-refractivity contribution in [3.63, 3.8) is 0 Å². The van der Waals surface area contributed by atoms with E-state index in [-0.39, 0.29) is 12.5 Å². The number of carbonyl (C=O) groups excluding carboxylic acids is 1. The highest BCUT2D eigenvalue weighted by molar-refractivity contribution is 9.10. The fraction of sp³-hybridized carbons (Fsp3) is 0.500. The molecule has 0 fully saturated rings. The molecule has 1 N–H and O–H groups in total. The molecule has 1 aromatic rings. The van der Waals surface area contributed by atoms with Crippen molar-refractivity contribution in [2.24, 2.45) is 0 Å². The molecule has 0 radical (unpaired) electrons. The molecule has 0 atom stereocenters. The zero-order valence-corrected chi connectivity index (χ0v) is 12.7. The third-order valence-corrected chi connectivity index (χ3v) is 3.61. The lowest BCUT2D eigenvalue weighted by Gasteiger charge is -2.31. The van der Waals surface area contributed by atoms with Crippen LogP contribution in [-0.2, 0) is 10.2 Å². The van der Waals surface area contributed by atoms with Gasteiger partial charge in [-0.05, 0) is 38.5 Å². The number of halogens is 1. The highest BCUT2D eigenvalue weighted by atomic mass is 79.9. The second-order valence-corrected chi connectivity index (χ2v) is 5.66. The average Bonchev–Trinajstić information content (AvgIpc) is 2.35. The van der Waals surface area contributed by atoms with Crippen molar-refractivity contribution < 1.29 is 9.90 Å². The van der Waals surface area contributed by atoms with Crippen molar-refractivity contribution >= 4 is 21.8 Å². The fourth-order valence-electron chi connectivity index (χ4n) is 1.92. The molecule has 0 spiro atoms. The van der Waals surface area contributed by atoms with Crippen LogP contribution in [0.1, 0.15) is 26.3 Å². The summed E-state index contributed by atoms with van der Waals surface area (Å²) in [5, 5.41) is 9.00. The Morgan fingerprint density at radius 3 is 2.61 bits per heavy atom. The van der Waals surface area contributed by atoms with Gasteiger partial charge in [-0.2, -0.15) is 0 Å². The molecular weight excluding hydrogens is 294 g/mol. The molecular formula is C14H20BrNO2. The smallest absolute Gasteiger partial charge is 0.232 e. The van der Waals surface area contributed by atoms with Crippen LogP contribution in [0.5, 0.6) is 0 Å². The number of benzene rings is 1. The molecule has 1 aromatic carbocycles. The maximum Gasteiger partial charge on any atom is 0.232 e. The molecule has 0 aromatic heterocycles. The molecule has 0 heterocycles. The minimum absolute atomic E-state index is 0.00581. The zero-order chi connectivity index (χ0) is 13.8. The van der Waals surface area contributed by atoms with Crippen molar-refractivity contribution in [2.45, 2.75) is 26.2 Å². The van der Waals surface area contributed by atoms with Gasteiger partial charge in [-0.3, -0.25) is 4.79 Å². The number of hydrogen-bond donors (Lipinski definition) is 1. The van der Waals surface area contributed by atoms with Gasteiger partial charge in [-0.1, -0.05) is 28.1 Å². The molecule has 100 valence electrons. The summed E-state index contributed by atoms with van der Waals surface area (Å²) in [5.41, 5.74) is 0.382. The highest BCUT2D eigenvalue weighted by Crippen LogP contribution is 2.27. The van der Waals surface area contributed by atoms with Gasteiger partial charge >= 0.3 is 0 Å². The van der Waals surface area contributed by atoms with Crippen LogP contribution >= 0.6 is 15.9 Å². The molecule has 3 nitrogen and oxygen atoms in total. The van der Waals surface area contributed by atoms with E-state index >= 15 is 0 Å². The molecule has 1 amide bonds. The van der Waals surface area contributed by atoms with Crippen LogP contribution in [0.4, 0.5) is 0 Å². The Morgan fingerprint density at radius 1 is 1.44 bits per heavy atom. The topological polar surface area (TPSA) is 40.5 Å². The number of rotatable bonds is 5. The van der Waals surface area contributed by atoms with Crippen molar-refractivity contribution in [2.75, 3.05) is 19.7 Å². The van der Waals surface area contributed by atoms with Crippen molar-refractivity contribution in [1.29, 1.82) is 0 Å². The van der Waals surface area contributed by atoms with E-state index in [1.165, 1.54) is 0 Å². The predicted molar refractivity (Wildman–Crippen MR) is 76.5 cm³/mol. The second kappa shape index (κ2) is 6.34. The van der Waals surface area contributed by atoms with Crippen LogP contribution in [0.2, 0.25) is 0 Å². The monoisotopic (exact) mass is 313 g/mol. The SMILES string of the molecule is CCN(CCO)C(=O)C(C)(C)c1cccc(Br)c1. The lowest BCUT2D eigenvalue weighted by Crippen LogP contribution is -2.44. The van der Waals surface area contributed by atoms with Gasteiger partial charge in [0.05, 0.1) is 12.0 Å². The Balaban J connectivity index is 3.01. The van der Waals surface area contributed by atoms with Gasteiger partial charge < -0.3 is 10.0 Å². The molecule has 0 aliphatic rings. The highest BCUT2D eigenvalue weighted by Gasteiger charge is 2.33. The van der Waals surface area contributed by atoms with Crippen molar-refractivity contribution in [3.8, 4) is 0 Å². The molecule has 4 heteroatoms. The van der Waals surface area contributed by atoms with Crippen molar-refractivity contribution in [3.05, 3.63) is 34.3 Å². The first-order chi connectivity index (χ1) is 8.43. The summed E-state index contributed by atoms with van der Waals surface area (Å²) in [6, 6.07) is 7.78. The van der Waals surface area contributed by atoms with Crippen LogP contribution in [0.15, 0.2) is 28.7 Å². The van der Waals surface area contributed by atoms with E-state index in [4.69, 9.17) is 5.11 Å². The summed E-state index contributed by atoms with van der Waals surface area (Å²) >= 11 is 3.42. The van der Waals surface area contributed by atoms with Crippen LogP contribution < -0.4 is 0 Å². The Morgan fingerprint density at radius 2 is 2.11 bits per heavy atom. The third kappa shape index (κ3) is 3.33. The van der Waals surface area contributed by atoms with Crippen LogP contribution in [0.25, 0.3) is 0 Å². The lowest BCUT2D eigenvalue weighted by atomic mass is 9.83. The number of carbonyl (C=O) groups is 1. The van der Waals surface area contributed by atoms with Crippen molar-refractivity contribution in [1.82, 2.24) is 4.90 Å². The Kier molecular flexibility index (Phi) is 5.35. The molecule has 0 aliphatic carbocycles. The molecule has 0 unspecified atom stereocenters. The van der Waals surface area contributed by atoms with E-state index < -0.39 is 5.41 Å². The molecule has 0 bridgehead atoms. The standard InChI is InChI=1S/C14H20BrNO2/c1-4-16(8-9-17)13(18)14(2,3)11-6-5-7-12(15)10-11/h5-7,10,17H,4,8-9H2,1-3H3. The summed E-state index contributed by atoms with van der Waals surface area (Å²) in [6.07, 6.45) is 0. The summed E-state index contributed by atoms with van der Waals surface area (Å²) < 4.78 is 0.964. The van der Waals surface area contributed by atoms with Gasteiger partial charge in [0.25, 0.3) is 0 Å². The molecule has 1 rings (SSSR count). The fourth-order valence-corrected chi connectivity index (χ4v) is 2.32. The first kappa shape index (κ1) is 15.2. The summed E-state index contributed by atoms with van der Waals surface area (Å²) in [6.45, 7) is 6.73. The number of aliphatic hydroxyl groups excluding tert-OH is 1. The Labute approximate surface area is 117 Å². The largest absolute Gasteiger partial charge is 0.395 e. The van der Waals surface area contributed by atoms with Gasteiger partial charge in [-0.25, -0.2) is 0 Å². The number of amides is 1. The number of nitrogens with zero attached hydrogens (tertiary/aromatic N) is 1. The quantitative estimate of drug-likeness (QED) is 0.907. The second-order valence-electron chi connectivity index (χ2n) is 4.74.